The van der Waals surface area contributed by atoms with Gasteiger partial charge in [0.05, 0.1) is 30.6 Å². The molecule has 2 aliphatic rings. The van der Waals surface area contributed by atoms with Crippen LogP contribution in [0.15, 0.2) is 30.7 Å². The fourth-order valence-electron chi connectivity index (χ4n) is 5.00. The predicted octanol–water partition coefficient (Wildman–Crippen LogP) is 4.44. The highest BCUT2D eigenvalue weighted by molar-refractivity contribution is 6.31. The van der Waals surface area contributed by atoms with E-state index in [0.717, 1.165) is 28.6 Å². The minimum absolute atomic E-state index is 0. The summed E-state index contributed by atoms with van der Waals surface area (Å²) in [5.41, 5.74) is 2.68. The monoisotopic (exact) mass is 462 g/mol. The summed E-state index contributed by atoms with van der Waals surface area (Å²) in [6, 6.07) is 5.33. The molecule has 164 valence electrons. The number of nitrogens with zero attached hydrogens (tertiary/aromatic N) is 2. The Kier molecular flexibility index (Phi) is 5.75. The first-order chi connectivity index (χ1) is 14.5. The van der Waals surface area contributed by atoms with Crippen LogP contribution in [0.2, 0.25) is 5.02 Å². The number of hydrogen-bond acceptors (Lipinski definition) is 4. The average Bonchev–Trinajstić information content (AvgIpc) is 3.35. The van der Waals surface area contributed by atoms with Crippen molar-refractivity contribution in [1.82, 2.24) is 19.9 Å². The molecule has 1 aliphatic heterocycles. The lowest BCUT2D eigenvalue weighted by molar-refractivity contribution is -0.168. The van der Waals surface area contributed by atoms with E-state index in [1.807, 2.05) is 30.0 Å². The summed E-state index contributed by atoms with van der Waals surface area (Å²) in [7, 11) is 0. The predicted molar refractivity (Wildman–Crippen MR) is 120 cm³/mol. The number of carbonyl (C=O) groups is 2. The molecule has 3 aromatic rings. The Morgan fingerprint density at radius 2 is 2.16 bits per heavy atom. The van der Waals surface area contributed by atoms with Crippen molar-refractivity contribution in [2.45, 2.75) is 38.6 Å². The summed E-state index contributed by atoms with van der Waals surface area (Å²) in [4.78, 5) is 38.8. The summed E-state index contributed by atoms with van der Waals surface area (Å²) in [5, 5.41) is 1.72. The Balaban J connectivity index is 0.00000231. The van der Waals surface area contributed by atoms with E-state index in [9.17, 15) is 9.59 Å². The number of ether oxygens (including phenoxy) is 1. The van der Waals surface area contributed by atoms with Crippen molar-refractivity contribution in [2.75, 3.05) is 13.2 Å². The Bertz CT molecular complexity index is 1120. The van der Waals surface area contributed by atoms with Crippen molar-refractivity contribution >= 4 is 46.8 Å². The van der Waals surface area contributed by atoms with Gasteiger partial charge in [0.1, 0.15) is 5.69 Å². The van der Waals surface area contributed by atoms with E-state index in [4.69, 9.17) is 16.3 Å². The second kappa shape index (κ2) is 8.20. The van der Waals surface area contributed by atoms with Gasteiger partial charge < -0.3 is 19.6 Å². The molecule has 1 aromatic carbocycles. The van der Waals surface area contributed by atoms with E-state index in [-0.39, 0.29) is 24.3 Å². The third-order valence-corrected chi connectivity index (χ3v) is 6.76. The van der Waals surface area contributed by atoms with Crippen LogP contribution in [-0.2, 0) is 16.0 Å². The largest absolute Gasteiger partial charge is 0.465 e. The summed E-state index contributed by atoms with van der Waals surface area (Å²) < 4.78 is 5.50. The number of rotatable bonds is 4. The van der Waals surface area contributed by atoms with Gasteiger partial charge in [-0.1, -0.05) is 18.0 Å². The van der Waals surface area contributed by atoms with Crippen LogP contribution in [0.1, 0.15) is 54.0 Å². The Labute approximate surface area is 190 Å². The zero-order chi connectivity index (χ0) is 20.9. The fourth-order valence-corrected chi connectivity index (χ4v) is 5.18. The summed E-state index contributed by atoms with van der Waals surface area (Å²) >= 11 is 6.26. The third kappa shape index (κ3) is 3.31. The van der Waals surface area contributed by atoms with Gasteiger partial charge in [-0.15, -0.1) is 12.4 Å². The quantitative estimate of drug-likeness (QED) is 0.560. The maximum absolute atomic E-state index is 13.4. The van der Waals surface area contributed by atoms with E-state index in [1.165, 1.54) is 12.5 Å². The summed E-state index contributed by atoms with van der Waals surface area (Å²) in [5.74, 6) is -0.386. The maximum Gasteiger partial charge on any atom is 0.314 e. The molecule has 1 saturated carbocycles. The molecule has 1 aliphatic carbocycles. The Hall–Kier alpha value is -2.51. The molecule has 31 heavy (non-hydrogen) atoms. The first-order valence-electron chi connectivity index (χ1n) is 10.3. The molecule has 1 unspecified atom stereocenters. The molecular formula is C22H24Cl2N4O3. The lowest BCUT2D eigenvalue weighted by Gasteiger charge is -2.50. The number of amides is 1. The highest BCUT2D eigenvalue weighted by atomic mass is 35.5. The van der Waals surface area contributed by atoms with Gasteiger partial charge in [0.25, 0.3) is 5.91 Å². The lowest BCUT2D eigenvalue weighted by Crippen LogP contribution is -2.54. The van der Waals surface area contributed by atoms with Crippen LogP contribution >= 0.6 is 24.0 Å². The van der Waals surface area contributed by atoms with Gasteiger partial charge in [0, 0.05) is 28.2 Å². The number of nitrogens with one attached hydrogen (secondary N) is 2. The maximum atomic E-state index is 13.4. The van der Waals surface area contributed by atoms with Crippen molar-refractivity contribution in [1.29, 1.82) is 0 Å². The van der Waals surface area contributed by atoms with E-state index in [0.29, 0.717) is 43.1 Å². The van der Waals surface area contributed by atoms with Gasteiger partial charge in [0.2, 0.25) is 0 Å². The number of fused-ring (bicyclic) bond motifs is 3. The second-order valence-corrected chi connectivity index (χ2v) is 8.49. The van der Waals surface area contributed by atoms with Crippen LogP contribution < -0.4 is 0 Å². The number of aromatic amines is 2. The van der Waals surface area contributed by atoms with Crippen LogP contribution in [0, 0.1) is 5.41 Å². The van der Waals surface area contributed by atoms with Crippen LogP contribution in [0.4, 0.5) is 0 Å². The zero-order valence-electron chi connectivity index (χ0n) is 17.1. The normalized spacial score (nSPS) is 19.3. The first kappa shape index (κ1) is 21.7. The molecule has 0 bridgehead atoms. The third-order valence-electron chi connectivity index (χ3n) is 6.53. The van der Waals surface area contributed by atoms with Gasteiger partial charge in [-0.05, 0) is 49.9 Å². The highest BCUT2D eigenvalue weighted by Gasteiger charge is 2.57. The standard InChI is InChI=1S/C22H23ClN4O3.ClH/c1-2-30-21(29)22(7-3-8-22)19-18-14(15-10-13(23)4-5-16(15)26-18)6-9-27(19)20(28)17-11-24-12-25-17;/h4-5,10-12,19,26H,2-3,6-9H2,1H3,(H,24,25);1H. The first-order valence-corrected chi connectivity index (χ1v) is 10.7. The molecule has 9 heteroatoms. The number of benzene rings is 1. The molecule has 1 amide bonds. The molecule has 0 radical (unpaired) electrons. The Morgan fingerprint density at radius 3 is 2.81 bits per heavy atom. The molecule has 3 heterocycles. The van der Waals surface area contributed by atoms with Gasteiger partial charge in [-0.25, -0.2) is 4.98 Å². The Morgan fingerprint density at radius 1 is 1.35 bits per heavy atom. The van der Waals surface area contributed by atoms with Gasteiger partial charge in [-0.3, -0.25) is 9.59 Å². The van der Waals surface area contributed by atoms with Gasteiger partial charge in [-0.2, -0.15) is 0 Å². The van der Waals surface area contributed by atoms with Gasteiger partial charge in [0.15, 0.2) is 0 Å². The van der Waals surface area contributed by atoms with Crippen LogP contribution in [-0.4, -0.2) is 44.9 Å². The summed E-state index contributed by atoms with van der Waals surface area (Å²) in [6.07, 6.45) is 6.02. The highest BCUT2D eigenvalue weighted by Crippen LogP contribution is 2.56. The fraction of sp³-hybridized carbons (Fsp3) is 0.409. The number of halogens is 2. The number of esters is 1. The topological polar surface area (TPSA) is 91.1 Å². The zero-order valence-corrected chi connectivity index (χ0v) is 18.7. The molecule has 0 spiro atoms. The molecule has 0 saturated heterocycles. The lowest BCUT2D eigenvalue weighted by atomic mass is 9.61. The van der Waals surface area contributed by atoms with Gasteiger partial charge >= 0.3 is 5.97 Å². The van der Waals surface area contributed by atoms with Crippen LogP contribution in [0.5, 0.6) is 0 Å². The minimum Gasteiger partial charge on any atom is -0.465 e. The summed E-state index contributed by atoms with van der Waals surface area (Å²) in [6.45, 7) is 2.64. The minimum atomic E-state index is -0.745. The smallest absolute Gasteiger partial charge is 0.314 e. The second-order valence-electron chi connectivity index (χ2n) is 8.05. The van der Waals surface area contributed by atoms with Crippen LogP contribution in [0.3, 0.4) is 0 Å². The van der Waals surface area contributed by atoms with Crippen molar-refractivity contribution in [3.8, 4) is 0 Å². The van der Waals surface area contributed by atoms with Crippen molar-refractivity contribution < 1.29 is 14.3 Å². The molecular weight excluding hydrogens is 439 g/mol. The number of aromatic nitrogens is 3. The molecule has 2 aromatic heterocycles. The number of carbonyl (C=O) groups excluding carboxylic acids is 2. The number of imidazole rings is 1. The molecule has 5 rings (SSSR count). The molecule has 7 nitrogen and oxygen atoms in total. The van der Waals surface area contributed by atoms with Crippen molar-refractivity contribution in [2.24, 2.45) is 5.41 Å². The average molecular weight is 463 g/mol. The van der Waals surface area contributed by atoms with Crippen LogP contribution in [0.25, 0.3) is 10.9 Å². The van der Waals surface area contributed by atoms with E-state index < -0.39 is 11.5 Å². The van der Waals surface area contributed by atoms with E-state index in [2.05, 4.69) is 15.0 Å². The number of H-pyrrole nitrogens is 2. The number of hydrogen-bond donors (Lipinski definition) is 2. The SMILES string of the molecule is CCOC(=O)C1(C2c3[nH]c4ccc(Cl)cc4c3CCN2C(=O)c2cnc[nH]2)CCC1.Cl. The van der Waals surface area contributed by atoms with Crippen molar-refractivity contribution in [3.05, 3.63) is 52.7 Å². The van der Waals surface area contributed by atoms with E-state index in [1.54, 1.807) is 0 Å². The molecule has 1 atom stereocenters. The molecule has 1 fully saturated rings. The van der Waals surface area contributed by atoms with Crippen molar-refractivity contribution in [3.63, 3.8) is 0 Å². The van der Waals surface area contributed by atoms with E-state index >= 15 is 0 Å². The molecule has 2 N–H and O–H groups in total.